The van der Waals surface area contributed by atoms with E-state index in [4.69, 9.17) is 0 Å². The second kappa shape index (κ2) is 2.90. The molecule has 0 saturated carbocycles. The molecule has 0 atom stereocenters. The third-order valence-corrected chi connectivity index (χ3v) is 3.24. The summed E-state index contributed by atoms with van der Waals surface area (Å²) in [5.74, 6) is 0. The molecular formula is C12H17B. The van der Waals surface area contributed by atoms with Crippen molar-refractivity contribution in [3.05, 3.63) is 29.3 Å². The van der Waals surface area contributed by atoms with Crippen LogP contribution < -0.4 is 5.46 Å². The van der Waals surface area contributed by atoms with Gasteiger partial charge < -0.3 is 0 Å². The fraction of sp³-hybridized carbons (Fsp3) is 0.500. The Morgan fingerprint density at radius 2 is 2.08 bits per heavy atom. The summed E-state index contributed by atoms with van der Waals surface area (Å²) >= 11 is 0. The second-order valence-corrected chi connectivity index (χ2v) is 4.90. The monoisotopic (exact) mass is 172 g/mol. The van der Waals surface area contributed by atoms with Crippen LogP contribution in [0.15, 0.2) is 18.2 Å². The van der Waals surface area contributed by atoms with Crippen molar-refractivity contribution >= 4 is 13.3 Å². The number of hydrogen-bond acceptors (Lipinski definition) is 0. The minimum Gasteiger partial charge on any atom is -0.0887 e. The summed E-state index contributed by atoms with van der Waals surface area (Å²) in [6.07, 6.45) is 3.97. The minimum atomic E-state index is 0.404. The molecule has 1 aromatic rings. The SMILES string of the molecule is Bc1ccc2c(c1)CCCC2(C)C. The van der Waals surface area contributed by atoms with Crippen molar-refractivity contribution < 1.29 is 0 Å². The topological polar surface area (TPSA) is 0 Å². The zero-order valence-corrected chi connectivity index (χ0v) is 8.85. The predicted octanol–water partition coefficient (Wildman–Crippen LogP) is 1.56. The van der Waals surface area contributed by atoms with Crippen molar-refractivity contribution in [2.75, 3.05) is 0 Å². The van der Waals surface area contributed by atoms with Crippen molar-refractivity contribution in [3.63, 3.8) is 0 Å². The van der Waals surface area contributed by atoms with Gasteiger partial charge in [0.15, 0.2) is 0 Å². The first kappa shape index (κ1) is 8.86. The van der Waals surface area contributed by atoms with E-state index in [9.17, 15) is 0 Å². The molecule has 0 spiro atoms. The number of fused-ring (bicyclic) bond motifs is 1. The lowest BCUT2D eigenvalue weighted by Gasteiger charge is -2.32. The standard InChI is InChI=1S/C12H17B/c1-12(2)7-3-4-9-8-10(13)5-6-11(9)12/h5-6,8H,3-4,7,13H2,1-2H3. The summed E-state index contributed by atoms with van der Waals surface area (Å²) in [6, 6.07) is 6.92. The van der Waals surface area contributed by atoms with Gasteiger partial charge in [-0.25, -0.2) is 0 Å². The van der Waals surface area contributed by atoms with E-state index < -0.39 is 0 Å². The van der Waals surface area contributed by atoms with Crippen molar-refractivity contribution in [3.8, 4) is 0 Å². The van der Waals surface area contributed by atoms with E-state index in [1.54, 1.807) is 11.1 Å². The Balaban J connectivity index is 2.53. The van der Waals surface area contributed by atoms with Crippen molar-refractivity contribution in [2.45, 2.75) is 38.5 Å². The molecule has 0 heterocycles. The molecule has 0 amide bonds. The van der Waals surface area contributed by atoms with Crippen LogP contribution in [0, 0.1) is 0 Å². The number of hydrogen-bond donors (Lipinski definition) is 0. The van der Waals surface area contributed by atoms with E-state index in [0.717, 1.165) is 0 Å². The van der Waals surface area contributed by atoms with E-state index in [-0.39, 0.29) is 0 Å². The zero-order chi connectivity index (χ0) is 9.47. The molecule has 0 saturated heterocycles. The lowest BCUT2D eigenvalue weighted by molar-refractivity contribution is 0.432. The molecule has 68 valence electrons. The van der Waals surface area contributed by atoms with Gasteiger partial charge in [-0.15, -0.1) is 0 Å². The van der Waals surface area contributed by atoms with Crippen LogP contribution >= 0.6 is 0 Å². The molecule has 0 aromatic heterocycles. The first-order chi connectivity index (χ1) is 6.09. The summed E-state index contributed by atoms with van der Waals surface area (Å²) in [5, 5.41) is 0. The summed E-state index contributed by atoms with van der Waals surface area (Å²) in [6.45, 7) is 4.72. The highest BCUT2D eigenvalue weighted by Gasteiger charge is 2.26. The highest BCUT2D eigenvalue weighted by atomic mass is 14.3. The van der Waals surface area contributed by atoms with Gasteiger partial charge in [0.05, 0.1) is 0 Å². The normalized spacial score (nSPS) is 19.5. The van der Waals surface area contributed by atoms with Gasteiger partial charge in [0.1, 0.15) is 7.85 Å². The van der Waals surface area contributed by atoms with Gasteiger partial charge in [-0.2, -0.15) is 0 Å². The highest BCUT2D eigenvalue weighted by molar-refractivity contribution is 6.32. The summed E-state index contributed by atoms with van der Waals surface area (Å²) in [7, 11) is 2.18. The Morgan fingerprint density at radius 1 is 1.31 bits per heavy atom. The lowest BCUT2D eigenvalue weighted by atomic mass is 9.71. The van der Waals surface area contributed by atoms with E-state index >= 15 is 0 Å². The number of rotatable bonds is 0. The Labute approximate surface area is 81.8 Å². The van der Waals surface area contributed by atoms with Crippen LogP contribution in [-0.2, 0) is 11.8 Å². The first-order valence-electron chi connectivity index (χ1n) is 5.20. The number of aryl methyl sites for hydroxylation is 1. The van der Waals surface area contributed by atoms with Gasteiger partial charge >= 0.3 is 0 Å². The second-order valence-electron chi connectivity index (χ2n) is 4.90. The smallest absolute Gasteiger partial charge is 0.0887 e. The van der Waals surface area contributed by atoms with Crippen LogP contribution in [0.5, 0.6) is 0 Å². The predicted molar refractivity (Wildman–Crippen MR) is 60.6 cm³/mol. The molecule has 0 radical (unpaired) electrons. The van der Waals surface area contributed by atoms with Crippen LogP contribution in [0.1, 0.15) is 37.8 Å². The fourth-order valence-corrected chi connectivity index (χ4v) is 2.45. The molecule has 1 aliphatic carbocycles. The maximum atomic E-state index is 2.36. The lowest BCUT2D eigenvalue weighted by Crippen LogP contribution is -2.25. The molecule has 1 aliphatic rings. The molecule has 1 aromatic carbocycles. The van der Waals surface area contributed by atoms with Crippen LogP contribution in [0.3, 0.4) is 0 Å². The van der Waals surface area contributed by atoms with Gasteiger partial charge in [-0.05, 0) is 35.8 Å². The molecule has 13 heavy (non-hydrogen) atoms. The van der Waals surface area contributed by atoms with E-state index in [0.29, 0.717) is 5.41 Å². The molecule has 0 bridgehead atoms. The average molecular weight is 172 g/mol. The van der Waals surface area contributed by atoms with Crippen molar-refractivity contribution in [1.29, 1.82) is 0 Å². The van der Waals surface area contributed by atoms with Gasteiger partial charge in [0.2, 0.25) is 0 Å². The zero-order valence-electron chi connectivity index (χ0n) is 8.85. The highest BCUT2D eigenvalue weighted by Crippen LogP contribution is 2.35. The third-order valence-electron chi connectivity index (χ3n) is 3.24. The fourth-order valence-electron chi connectivity index (χ4n) is 2.45. The van der Waals surface area contributed by atoms with Gasteiger partial charge in [-0.3, -0.25) is 0 Å². The summed E-state index contributed by atoms with van der Waals surface area (Å²) in [5.41, 5.74) is 4.96. The average Bonchev–Trinajstić information content (AvgIpc) is 2.02. The van der Waals surface area contributed by atoms with E-state index in [1.807, 2.05) is 0 Å². The van der Waals surface area contributed by atoms with Crippen LogP contribution in [0.4, 0.5) is 0 Å². The minimum absolute atomic E-state index is 0.404. The quantitative estimate of drug-likeness (QED) is 0.521. The van der Waals surface area contributed by atoms with Gasteiger partial charge in [-0.1, -0.05) is 37.5 Å². The van der Waals surface area contributed by atoms with E-state index in [1.165, 1.54) is 24.7 Å². The molecule has 0 unspecified atom stereocenters. The maximum absolute atomic E-state index is 2.36. The third kappa shape index (κ3) is 1.52. The molecule has 0 fully saturated rings. The van der Waals surface area contributed by atoms with Crippen LogP contribution in [0.2, 0.25) is 0 Å². The van der Waals surface area contributed by atoms with Crippen LogP contribution in [0.25, 0.3) is 0 Å². The molecule has 0 nitrogen and oxygen atoms in total. The molecule has 1 heteroatoms. The van der Waals surface area contributed by atoms with Gasteiger partial charge in [0, 0.05) is 0 Å². The Bertz CT molecular complexity index is 326. The summed E-state index contributed by atoms with van der Waals surface area (Å²) in [4.78, 5) is 0. The number of benzene rings is 1. The largest absolute Gasteiger partial charge is 0.139 e. The Morgan fingerprint density at radius 3 is 2.85 bits per heavy atom. The molecule has 2 rings (SSSR count). The van der Waals surface area contributed by atoms with Crippen molar-refractivity contribution in [1.82, 2.24) is 0 Å². The summed E-state index contributed by atoms with van der Waals surface area (Å²) < 4.78 is 0. The maximum Gasteiger partial charge on any atom is 0.139 e. The molecule has 0 aliphatic heterocycles. The Hall–Kier alpha value is -0.715. The Kier molecular flexibility index (Phi) is 1.98. The van der Waals surface area contributed by atoms with E-state index in [2.05, 4.69) is 39.9 Å². The molecule has 0 N–H and O–H groups in total. The van der Waals surface area contributed by atoms with Crippen molar-refractivity contribution in [2.24, 2.45) is 0 Å². The molecular weight excluding hydrogens is 155 g/mol. The van der Waals surface area contributed by atoms with Crippen LogP contribution in [-0.4, -0.2) is 7.85 Å². The van der Waals surface area contributed by atoms with Gasteiger partial charge in [0.25, 0.3) is 0 Å². The first-order valence-corrected chi connectivity index (χ1v) is 5.20.